The Bertz CT molecular complexity index is 1000. The van der Waals surface area contributed by atoms with Gasteiger partial charge in [-0.1, -0.05) is 0 Å². The maximum Gasteiger partial charge on any atom is 0.0390 e. The first-order valence-electron chi connectivity index (χ1n) is 9.16. The van der Waals surface area contributed by atoms with Crippen molar-refractivity contribution < 1.29 is 0 Å². The quantitative estimate of drug-likeness (QED) is 0.423. The van der Waals surface area contributed by atoms with Gasteiger partial charge in [0, 0.05) is 9.58 Å². The number of hydrogen-bond acceptors (Lipinski definition) is 1. The van der Waals surface area contributed by atoms with Crippen molar-refractivity contribution in [2.45, 2.75) is 69.2 Å². The molecule has 0 radical (unpaired) electrons. The van der Waals surface area contributed by atoms with Crippen molar-refractivity contribution in [2.75, 3.05) is 0 Å². The Morgan fingerprint density at radius 1 is 0.400 bits per heavy atom. The van der Waals surface area contributed by atoms with Gasteiger partial charge in [0.2, 0.25) is 0 Å². The number of fused-ring (bicyclic) bond motifs is 1. The molecule has 3 rings (SSSR count). The van der Waals surface area contributed by atoms with Crippen LogP contribution < -0.4 is 0 Å². The van der Waals surface area contributed by atoms with E-state index in [4.69, 9.17) is 0 Å². The SMILES string of the molecule is Cc1c(C)c(C)c(-c2sc3c(C)c(C)c(C)c(C)c3c2C)c(C)c1C. The molecule has 2 aromatic carbocycles. The molecule has 0 spiro atoms. The van der Waals surface area contributed by atoms with E-state index in [0.29, 0.717) is 0 Å². The van der Waals surface area contributed by atoms with Gasteiger partial charge >= 0.3 is 0 Å². The largest absolute Gasteiger partial charge is 0.135 e. The highest BCUT2D eigenvalue weighted by atomic mass is 32.1. The van der Waals surface area contributed by atoms with E-state index in [1.165, 1.54) is 76.2 Å². The molecule has 0 aliphatic heterocycles. The van der Waals surface area contributed by atoms with Crippen molar-refractivity contribution in [3.8, 4) is 10.4 Å². The third-order valence-corrected chi connectivity index (χ3v) is 8.21. The number of benzene rings is 2. The van der Waals surface area contributed by atoms with Crippen LogP contribution in [0.1, 0.15) is 55.6 Å². The molecule has 25 heavy (non-hydrogen) atoms. The second-order valence-electron chi connectivity index (χ2n) is 7.76. The summed E-state index contributed by atoms with van der Waals surface area (Å²) in [4.78, 5) is 1.47. The van der Waals surface area contributed by atoms with Gasteiger partial charge in [-0.2, -0.15) is 0 Å². The minimum absolute atomic E-state index is 1.44. The molecular formula is C24H30S. The molecule has 0 atom stereocenters. The average Bonchev–Trinajstić information content (AvgIpc) is 2.92. The van der Waals surface area contributed by atoms with Crippen LogP contribution in [-0.2, 0) is 0 Å². The van der Waals surface area contributed by atoms with Gasteiger partial charge in [-0.15, -0.1) is 11.3 Å². The van der Waals surface area contributed by atoms with E-state index in [1.54, 1.807) is 0 Å². The van der Waals surface area contributed by atoms with E-state index >= 15 is 0 Å². The molecule has 1 heterocycles. The number of aryl methyl sites for hydroxylation is 3. The van der Waals surface area contributed by atoms with Crippen LogP contribution in [0.5, 0.6) is 0 Å². The first kappa shape index (κ1) is 18.2. The molecule has 132 valence electrons. The van der Waals surface area contributed by atoms with Crippen LogP contribution in [0.3, 0.4) is 0 Å². The predicted molar refractivity (Wildman–Crippen MR) is 115 cm³/mol. The highest BCUT2D eigenvalue weighted by Crippen LogP contribution is 2.46. The monoisotopic (exact) mass is 350 g/mol. The van der Waals surface area contributed by atoms with Crippen LogP contribution in [0.15, 0.2) is 0 Å². The van der Waals surface area contributed by atoms with Crippen LogP contribution in [0, 0.1) is 69.2 Å². The van der Waals surface area contributed by atoms with Gasteiger partial charge in [0.05, 0.1) is 0 Å². The third-order valence-electron chi connectivity index (χ3n) is 6.78. The lowest BCUT2D eigenvalue weighted by Crippen LogP contribution is -1.99. The second-order valence-corrected chi connectivity index (χ2v) is 8.78. The van der Waals surface area contributed by atoms with E-state index in [-0.39, 0.29) is 0 Å². The van der Waals surface area contributed by atoms with Gasteiger partial charge in [0.25, 0.3) is 0 Å². The van der Waals surface area contributed by atoms with Gasteiger partial charge in [-0.3, -0.25) is 0 Å². The molecule has 1 heteroatoms. The standard InChI is InChI=1S/C24H30S/c1-11-12(2)16(6)21(17(7)13(11)3)24-20(10)22-18(8)14(4)15(5)19(9)23(22)25-24/h1-10H3. The lowest BCUT2D eigenvalue weighted by atomic mass is 9.87. The smallest absolute Gasteiger partial charge is 0.0390 e. The van der Waals surface area contributed by atoms with E-state index in [9.17, 15) is 0 Å². The zero-order valence-corrected chi connectivity index (χ0v) is 18.2. The summed E-state index contributed by atoms with van der Waals surface area (Å²) in [5.41, 5.74) is 15.9. The molecule has 0 fully saturated rings. The Hall–Kier alpha value is -1.60. The number of thiophene rings is 1. The second kappa shape index (κ2) is 5.99. The Morgan fingerprint density at radius 3 is 1.32 bits per heavy atom. The van der Waals surface area contributed by atoms with Crippen molar-refractivity contribution in [1.82, 2.24) is 0 Å². The average molecular weight is 351 g/mol. The summed E-state index contributed by atoms with van der Waals surface area (Å²) in [5, 5.41) is 1.48. The minimum Gasteiger partial charge on any atom is -0.135 e. The summed E-state index contributed by atoms with van der Waals surface area (Å²) in [5.74, 6) is 0. The fourth-order valence-electron chi connectivity index (χ4n) is 4.23. The molecule has 0 saturated carbocycles. The Balaban J connectivity index is 2.50. The van der Waals surface area contributed by atoms with Crippen molar-refractivity contribution >= 4 is 21.4 Å². The highest BCUT2D eigenvalue weighted by molar-refractivity contribution is 7.22. The topological polar surface area (TPSA) is 0 Å². The minimum atomic E-state index is 1.44. The first-order valence-corrected chi connectivity index (χ1v) is 9.97. The molecule has 0 bridgehead atoms. The van der Waals surface area contributed by atoms with Gasteiger partial charge in [0.15, 0.2) is 0 Å². The zero-order valence-electron chi connectivity index (χ0n) is 17.4. The lowest BCUT2D eigenvalue weighted by molar-refractivity contribution is 1.18. The molecule has 0 amide bonds. The van der Waals surface area contributed by atoms with Crippen LogP contribution in [0.25, 0.3) is 20.5 Å². The third kappa shape index (κ3) is 2.39. The molecule has 0 unspecified atom stereocenters. The van der Waals surface area contributed by atoms with E-state index < -0.39 is 0 Å². The molecular weight excluding hydrogens is 320 g/mol. The van der Waals surface area contributed by atoms with E-state index in [0.717, 1.165) is 0 Å². The van der Waals surface area contributed by atoms with Crippen molar-refractivity contribution in [2.24, 2.45) is 0 Å². The summed E-state index contributed by atoms with van der Waals surface area (Å²) in [6, 6.07) is 0. The Kier molecular flexibility index (Phi) is 4.36. The van der Waals surface area contributed by atoms with E-state index in [2.05, 4.69) is 69.2 Å². The first-order chi connectivity index (χ1) is 11.6. The molecule has 0 saturated heterocycles. The van der Waals surface area contributed by atoms with E-state index in [1.807, 2.05) is 11.3 Å². The molecule has 0 aliphatic rings. The summed E-state index contributed by atoms with van der Waals surface area (Å²) in [7, 11) is 0. The maximum atomic E-state index is 2.32. The van der Waals surface area contributed by atoms with Gasteiger partial charge in [0.1, 0.15) is 0 Å². The maximum absolute atomic E-state index is 2.32. The molecule has 3 aromatic rings. The van der Waals surface area contributed by atoms with Crippen LogP contribution in [0.2, 0.25) is 0 Å². The summed E-state index contributed by atoms with van der Waals surface area (Å²) < 4.78 is 1.47. The molecule has 0 nitrogen and oxygen atoms in total. The van der Waals surface area contributed by atoms with Gasteiger partial charge < -0.3 is 0 Å². The molecule has 0 aliphatic carbocycles. The zero-order chi connectivity index (χ0) is 18.8. The van der Waals surface area contributed by atoms with Gasteiger partial charge in [-0.25, -0.2) is 0 Å². The summed E-state index contributed by atoms with van der Waals surface area (Å²) >= 11 is 1.99. The molecule has 1 aromatic heterocycles. The van der Waals surface area contributed by atoms with Crippen molar-refractivity contribution in [3.05, 3.63) is 55.6 Å². The lowest BCUT2D eigenvalue weighted by Gasteiger charge is -2.18. The van der Waals surface area contributed by atoms with Crippen LogP contribution >= 0.6 is 11.3 Å². The normalized spacial score (nSPS) is 11.6. The van der Waals surface area contributed by atoms with Crippen LogP contribution in [-0.4, -0.2) is 0 Å². The Morgan fingerprint density at radius 2 is 0.800 bits per heavy atom. The summed E-state index contributed by atoms with van der Waals surface area (Å²) in [6.45, 7) is 22.8. The van der Waals surface area contributed by atoms with Crippen LogP contribution in [0.4, 0.5) is 0 Å². The number of hydrogen-bond donors (Lipinski definition) is 0. The van der Waals surface area contributed by atoms with Crippen molar-refractivity contribution in [1.29, 1.82) is 0 Å². The fourth-order valence-corrected chi connectivity index (χ4v) is 5.81. The fraction of sp³-hybridized carbons (Fsp3) is 0.417. The summed E-state index contributed by atoms with van der Waals surface area (Å²) in [6.07, 6.45) is 0. The Labute approximate surface area is 156 Å². The number of rotatable bonds is 1. The predicted octanol–water partition coefficient (Wildman–Crippen LogP) is 7.65. The van der Waals surface area contributed by atoms with Crippen molar-refractivity contribution in [3.63, 3.8) is 0 Å². The highest BCUT2D eigenvalue weighted by Gasteiger charge is 2.21. The van der Waals surface area contributed by atoms with Gasteiger partial charge in [-0.05, 0) is 136 Å². The molecule has 0 N–H and O–H groups in total.